The Hall–Kier alpha value is -3.29. The van der Waals surface area contributed by atoms with Crippen LogP contribution < -0.4 is 19.5 Å². The summed E-state index contributed by atoms with van der Waals surface area (Å²) in [7, 11) is 1.41. The molecule has 26 heavy (non-hydrogen) atoms. The van der Waals surface area contributed by atoms with Gasteiger partial charge in [-0.15, -0.1) is 0 Å². The second kappa shape index (κ2) is 7.73. The number of rotatable bonds is 6. The summed E-state index contributed by atoms with van der Waals surface area (Å²) in [6.45, 7) is 1.41. The lowest BCUT2D eigenvalue weighted by molar-refractivity contribution is -0.384. The molecule has 0 aliphatic carbocycles. The van der Waals surface area contributed by atoms with Gasteiger partial charge >= 0.3 is 0 Å². The molecule has 1 heterocycles. The largest absolute Gasteiger partial charge is 0.496 e. The molecular formula is C18H18N2O6. The van der Waals surface area contributed by atoms with Crippen LogP contribution in [0.1, 0.15) is 15.9 Å². The molecule has 8 heteroatoms. The average Bonchev–Trinajstić information content (AvgIpc) is 2.67. The molecule has 0 saturated carbocycles. The van der Waals surface area contributed by atoms with E-state index in [4.69, 9.17) is 14.2 Å². The Balaban J connectivity index is 1.64. The number of carbonyl (C=O) groups excluding carboxylic acids is 1. The molecule has 0 spiro atoms. The van der Waals surface area contributed by atoms with Crippen molar-refractivity contribution in [1.29, 1.82) is 0 Å². The molecule has 1 amide bonds. The van der Waals surface area contributed by atoms with Gasteiger partial charge in [-0.3, -0.25) is 14.9 Å². The van der Waals surface area contributed by atoms with Crippen LogP contribution in [0.4, 0.5) is 5.69 Å². The molecule has 0 bridgehead atoms. The van der Waals surface area contributed by atoms with E-state index in [-0.39, 0.29) is 17.0 Å². The normalized spacial score (nSPS) is 12.3. The maximum Gasteiger partial charge on any atom is 0.270 e. The van der Waals surface area contributed by atoms with Gasteiger partial charge in [0.15, 0.2) is 11.5 Å². The van der Waals surface area contributed by atoms with E-state index in [1.807, 2.05) is 18.2 Å². The molecule has 1 aliphatic heterocycles. The van der Waals surface area contributed by atoms with Gasteiger partial charge in [0, 0.05) is 18.7 Å². The number of hydrogen-bond acceptors (Lipinski definition) is 6. The molecule has 0 unspecified atom stereocenters. The number of nitrogens with one attached hydrogen (secondary N) is 1. The highest BCUT2D eigenvalue weighted by Gasteiger charge is 2.17. The fourth-order valence-corrected chi connectivity index (χ4v) is 2.65. The Labute approximate surface area is 149 Å². The summed E-state index contributed by atoms with van der Waals surface area (Å²) in [5.74, 6) is 1.27. The number of fused-ring (bicyclic) bond motifs is 1. The highest BCUT2D eigenvalue weighted by Crippen LogP contribution is 2.30. The third-order valence-electron chi connectivity index (χ3n) is 3.94. The summed E-state index contributed by atoms with van der Waals surface area (Å²) in [4.78, 5) is 22.7. The molecular weight excluding hydrogens is 340 g/mol. The maximum absolute atomic E-state index is 12.4. The number of benzene rings is 2. The van der Waals surface area contributed by atoms with Crippen molar-refractivity contribution >= 4 is 11.6 Å². The summed E-state index contributed by atoms with van der Waals surface area (Å²) in [6, 6.07) is 9.55. The van der Waals surface area contributed by atoms with E-state index in [0.29, 0.717) is 37.7 Å². The number of nitrogens with zero attached hydrogens (tertiary/aromatic N) is 1. The zero-order valence-electron chi connectivity index (χ0n) is 14.2. The minimum absolute atomic E-state index is 0.129. The highest BCUT2D eigenvalue weighted by molar-refractivity contribution is 5.97. The lowest BCUT2D eigenvalue weighted by Crippen LogP contribution is -2.26. The van der Waals surface area contributed by atoms with Gasteiger partial charge in [-0.1, -0.05) is 6.07 Å². The van der Waals surface area contributed by atoms with Crippen molar-refractivity contribution in [2.75, 3.05) is 26.9 Å². The molecule has 0 radical (unpaired) electrons. The third-order valence-corrected chi connectivity index (χ3v) is 3.94. The van der Waals surface area contributed by atoms with Gasteiger partial charge in [0.2, 0.25) is 0 Å². The van der Waals surface area contributed by atoms with Crippen LogP contribution in [0.25, 0.3) is 0 Å². The summed E-state index contributed by atoms with van der Waals surface area (Å²) >= 11 is 0. The third kappa shape index (κ3) is 3.85. The van der Waals surface area contributed by atoms with Crippen molar-refractivity contribution < 1.29 is 23.9 Å². The number of carbonyl (C=O) groups is 1. The molecule has 136 valence electrons. The van der Waals surface area contributed by atoms with E-state index in [1.54, 1.807) is 0 Å². The van der Waals surface area contributed by atoms with Gasteiger partial charge in [-0.2, -0.15) is 0 Å². The topological polar surface area (TPSA) is 99.9 Å². The van der Waals surface area contributed by atoms with Crippen LogP contribution in [0.5, 0.6) is 17.2 Å². The summed E-state index contributed by atoms with van der Waals surface area (Å²) in [5, 5.41) is 13.7. The van der Waals surface area contributed by atoms with E-state index in [2.05, 4.69) is 5.32 Å². The maximum atomic E-state index is 12.4. The Morgan fingerprint density at radius 3 is 2.69 bits per heavy atom. The Bertz CT molecular complexity index is 836. The standard InChI is InChI=1S/C18H18N2O6/c1-24-15-5-3-13(20(22)23)11-14(15)18(21)19-7-6-12-2-4-16-17(10-12)26-9-8-25-16/h2-5,10-11H,6-9H2,1H3,(H,19,21). The van der Waals surface area contributed by atoms with Crippen molar-refractivity contribution in [3.8, 4) is 17.2 Å². The van der Waals surface area contributed by atoms with Crippen LogP contribution in [0.3, 0.4) is 0 Å². The van der Waals surface area contributed by atoms with Gasteiger partial charge in [-0.05, 0) is 30.2 Å². The SMILES string of the molecule is COc1ccc([N+](=O)[O-])cc1C(=O)NCCc1ccc2c(c1)OCCO2. The van der Waals surface area contributed by atoms with Crippen molar-refractivity contribution in [3.63, 3.8) is 0 Å². The van der Waals surface area contributed by atoms with Crippen LogP contribution in [-0.4, -0.2) is 37.7 Å². The number of amides is 1. The number of non-ortho nitro benzene ring substituents is 1. The quantitative estimate of drug-likeness (QED) is 0.628. The molecule has 2 aromatic rings. The lowest BCUT2D eigenvalue weighted by Gasteiger charge is -2.18. The molecule has 1 aliphatic rings. The first-order valence-corrected chi connectivity index (χ1v) is 8.07. The summed E-state index contributed by atoms with van der Waals surface area (Å²) in [5.41, 5.74) is 0.951. The number of nitro groups is 1. The molecule has 8 nitrogen and oxygen atoms in total. The second-order valence-corrected chi connectivity index (χ2v) is 5.63. The van der Waals surface area contributed by atoms with Crippen LogP contribution >= 0.6 is 0 Å². The molecule has 0 aromatic heterocycles. The average molecular weight is 358 g/mol. The fraction of sp³-hybridized carbons (Fsp3) is 0.278. The number of hydrogen-bond donors (Lipinski definition) is 1. The van der Waals surface area contributed by atoms with Gasteiger partial charge in [-0.25, -0.2) is 0 Å². The second-order valence-electron chi connectivity index (χ2n) is 5.63. The van der Waals surface area contributed by atoms with E-state index in [0.717, 1.165) is 5.56 Å². The van der Waals surface area contributed by atoms with Crippen LogP contribution in [0, 0.1) is 10.1 Å². The van der Waals surface area contributed by atoms with Crippen molar-refractivity contribution in [2.45, 2.75) is 6.42 Å². The first kappa shape index (κ1) is 17.5. The van der Waals surface area contributed by atoms with Gasteiger partial charge in [0.05, 0.1) is 17.6 Å². The van der Waals surface area contributed by atoms with Gasteiger partial charge in [0.25, 0.3) is 11.6 Å². The Morgan fingerprint density at radius 2 is 1.96 bits per heavy atom. The molecule has 0 saturated heterocycles. The smallest absolute Gasteiger partial charge is 0.270 e. The van der Waals surface area contributed by atoms with Crippen molar-refractivity contribution in [3.05, 3.63) is 57.6 Å². The van der Waals surface area contributed by atoms with Crippen molar-refractivity contribution in [1.82, 2.24) is 5.32 Å². The molecule has 0 atom stereocenters. The Kier molecular flexibility index (Phi) is 5.21. The van der Waals surface area contributed by atoms with E-state index < -0.39 is 10.8 Å². The van der Waals surface area contributed by atoms with Gasteiger partial charge < -0.3 is 19.5 Å². The monoisotopic (exact) mass is 358 g/mol. The van der Waals surface area contributed by atoms with E-state index >= 15 is 0 Å². The number of nitro benzene ring substituents is 1. The van der Waals surface area contributed by atoms with Crippen LogP contribution in [0.15, 0.2) is 36.4 Å². The number of ether oxygens (including phenoxy) is 3. The fourth-order valence-electron chi connectivity index (χ4n) is 2.65. The minimum atomic E-state index is -0.550. The lowest BCUT2D eigenvalue weighted by atomic mass is 10.1. The minimum Gasteiger partial charge on any atom is -0.496 e. The highest BCUT2D eigenvalue weighted by atomic mass is 16.6. The number of methoxy groups -OCH3 is 1. The van der Waals surface area contributed by atoms with E-state index in [9.17, 15) is 14.9 Å². The molecule has 2 aromatic carbocycles. The first-order chi connectivity index (χ1) is 12.6. The molecule has 3 rings (SSSR count). The summed E-state index contributed by atoms with van der Waals surface area (Å²) in [6.07, 6.45) is 0.583. The van der Waals surface area contributed by atoms with Crippen LogP contribution in [0.2, 0.25) is 0 Å². The molecule has 0 fully saturated rings. The van der Waals surface area contributed by atoms with Crippen molar-refractivity contribution in [2.24, 2.45) is 0 Å². The predicted octanol–water partition coefficient (Wildman–Crippen LogP) is 2.35. The van der Waals surface area contributed by atoms with Crippen LogP contribution in [-0.2, 0) is 6.42 Å². The first-order valence-electron chi connectivity index (χ1n) is 8.07. The Morgan fingerprint density at radius 1 is 1.19 bits per heavy atom. The zero-order valence-corrected chi connectivity index (χ0v) is 14.2. The summed E-state index contributed by atoms with van der Waals surface area (Å²) < 4.78 is 16.1. The van der Waals surface area contributed by atoms with Gasteiger partial charge in [0.1, 0.15) is 19.0 Å². The molecule has 1 N–H and O–H groups in total. The predicted molar refractivity (Wildman–Crippen MR) is 93.1 cm³/mol. The zero-order chi connectivity index (χ0) is 18.5. The van der Waals surface area contributed by atoms with E-state index in [1.165, 1.54) is 25.3 Å².